The smallest absolute Gasteiger partial charge is 0.338 e. The van der Waals surface area contributed by atoms with Crippen molar-refractivity contribution in [2.75, 3.05) is 6.61 Å². The minimum atomic E-state index is -1.12. The topological polar surface area (TPSA) is 117 Å². The molecule has 1 saturated heterocycles. The fraction of sp³-hybridized carbons (Fsp3) is 0.182. The molecule has 0 bridgehead atoms. The Morgan fingerprint density at radius 1 is 0.871 bits per heavy atom. The van der Waals surface area contributed by atoms with E-state index in [9.17, 15) is 19.2 Å². The molecule has 3 aromatic rings. The molecule has 1 N–H and O–H groups in total. The zero-order valence-corrected chi connectivity index (χ0v) is 16.2. The molecule has 9 nitrogen and oxygen atoms in total. The number of hydrogen-bond donors (Lipinski definition) is 1. The molecule has 0 saturated carbocycles. The van der Waals surface area contributed by atoms with Gasteiger partial charge in [0.15, 0.2) is 18.4 Å². The highest BCUT2D eigenvalue weighted by Crippen LogP contribution is 2.29. The van der Waals surface area contributed by atoms with Crippen LogP contribution in [0.4, 0.5) is 0 Å². The zero-order valence-electron chi connectivity index (χ0n) is 16.2. The van der Waals surface area contributed by atoms with Crippen molar-refractivity contribution in [2.24, 2.45) is 0 Å². The molecule has 0 unspecified atom stereocenters. The molecule has 1 fully saturated rings. The number of carbonyl (C=O) groups is 2. The van der Waals surface area contributed by atoms with Crippen molar-refractivity contribution < 1.29 is 23.8 Å². The van der Waals surface area contributed by atoms with Crippen LogP contribution in [0.3, 0.4) is 0 Å². The van der Waals surface area contributed by atoms with Crippen LogP contribution in [-0.2, 0) is 14.2 Å². The lowest BCUT2D eigenvalue weighted by Gasteiger charge is -2.24. The first-order chi connectivity index (χ1) is 15.0. The van der Waals surface area contributed by atoms with E-state index in [-0.39, 0.29) is 12.2 Å². The standard InChI is InChI=1S/C22H18N2O7/c25-17-11-12-24(22(28)23-17)19-18(31-21(27)15-9-5-2-6-10-15)16(13-29-19)30-20(26)14-7-3-1-4-8-14/h1-12,16,18-19H,13H2,(H,23,25,28)/t16-,18+,19+/m0/s1. The number of esters is 2. The molecule has 3 atom stereocenters. The number of aromatic amines is 1. The summed E-state index contributed by atoms with van der Waals surface area (Å²) >= 11 is 0. The molecule has 0 amide bonds. The van der Waals surface area contributed by atoms with Gasteiger partial charge in [-0.2, -0.15) is 0 Å². The fourth-order valence-corrected chi connectivity index (χ4v) is 3.21. The summed E-state index contributed by atoms with van der Waals surface area (Å²) in [6.07, 6.45) is -1.95. The highest BCUT2D eigenvalue weighted by molar-refractivity contribution is 5.90. The summed E-state index contributed by atoms with van der Waals surface area (Å²) < 4.78 is 17.9. The molecule has 0 aliphatic carbocycles. The quantitative estimate of drug-likeness (QED) is 0.620. The molecule has 2 aromatic carbocycles. The Hall–Kier alpha value is -3.98. The summed E-state index contributed by atoms with van der Waals surface area (Å²) in [5, 5.41) is 0. The largest absolute Gasteiger partial charge is 0.452 e. The molecule has 1 aliphatic heterocycles. The van der Waals surface area contributed by atoms with Crippen LogP contribution in [0.5, 0.6) is 0 Å². The number of nitrogens with zero attached hydrogens (tertiary/aromatic N) is 1. The molecular weight excluding hydrogens is 404 g/mol. The Morgan fingerprint density at radius 2 is 1.45 bits per heavy atom. The summed E-state index contributed by atoms with van der Waals surface area (Å²) in [6, 6.07) is 17.7. The van der Waals surface area contributed by atoms with E-state index in [0.717, 1.165) is 10.6 Å². The maximum atomic E-state index is 12.7. The van der Waals surface area contributed by atoms with Crippen molar-refractivity contribution in [2.45, 2.75) is 18.4 Å². The van der Waals surface area contributed by atoms with Crippen LogP contribution >= 0.6 is 0 Å². The highest BCUT2D eigenvalue weighted by Gasteiger charge is 2.44. The van der Waals surface area contributed by atoms with Crippen molar-refractivity contribution >= 4 is 11.9 Å². The monoisotopic (exact) mass is 422 g/mol. The van der Waals surface area contributed by atoms with Crippen LogP contribution in [0, 0.1) is 0 Å². The minimum absolute atomic E-state index is 0.110. The third kappa shape index (κ3) is 4.46. The number of rotatable bonds is 5. The van der Waals surface area contributed by atoms with Gasteiger partial charge in [-0.15, -0.1) is 0 Å². The van der Waals surface area contributed by atoms with Crippen LogP contribution in [0.25, 0.3) is 0 Å². The second-order valence-electron chi connectivity index (χ2n) is 6.79. The normalized spacial score (nSPS) is 20.2. The average molecular weight is 422 g/mol. The predicted molar refractivity (Wildman–Crippen MR) is 108 cm³/mol. The van der Waals surface area contributed by atoms with Gasteiger partial charge < -0.3 is 14.2 Å². The van der Waals surface area contributed by atoms with Gasteiger partial charge in [0, 0.05) is 12.3 Å². The number of ether oxygens (including phenoxy) is 3. The third-order valence-corrected chi connectivity index (χ3v) is 4.72. The second-order valence-corrected chi connectivity index (χ2v) is 6.79. The van der Waals surface area contributed by atoms with Gasteiger partial charge in [0.25, 0.3) is 5.56 Å². The third-order valence-electron chi connectivity index (χ3n) is 4.72. The van der Waals surface area contributed by atoms with Gasteiger partial charge >= 0.3 is 17.6 Å². The van der Waals surface area contributed by atoms with Crippen molar-refractivity contribution in [1.82, 2.24) is 9.55 Å². The van der Waals surface area contributed by atoms with Crippen molar-refractivity contribution in [3.8, 4) is 0 Å². The van der Waals surface area contributed by atoms with Crippen molar-refractivity contribution in [3.05, 3.63) is 105 Å². The van der Waals surface area contributed by atoms with E-state index >= 15 is 0 Å². The lowest BCUT2D eigenvalue weighted by Crippen LogP contribution is -2.41. The fourth-order valence-electron chi connectivity index (χ4n) is 3.21. The maximum absolute atomic E-state index is 12.7. The number of nitrogens with one attached hydrogen (secondary N) is 1. The molecule has 4 rings (SSSR count). The number of aromatic nitrogens is 2. The predicted octanol–water partition coefficient (Wildman–Crippen LogP) is 1.52. The Morgan fingerprint density at radius 3 is 2.03 bits per heavy atom. The Labute approximate surface area is 175 Å². The van der Waals surface area contributed by atoms with Gasteiger partial charge in [0.2, 0.25) is 0 Å². The van der Waals surface area contributed by atoms with Crippen molar-refractivity contribution in [3.63, 3.8) is 0 Å². The van der Waals surface area contributed by atoms with Gasteiger partial charge in [0.1, 0.15) is 0 Å². The van der Waals surface area contributed by atoms with Gasteiger partial charge in [0.05, 0.1) is 17.7 Å². The summed E-state index contributed by atoms with van der Waals surface area (Å²) in [4.78, 5) is 51.0. The molecule has 0 radical (unpaired) electrons. The van der Waals surface area contributed by atoms with Crippen molar-refractivity contribution in [1.29, 1.82) is 0 Å². The van der Waals surface area contributed by atoms with Gasteiger partial charge in [-0.1, -0.05) is 36.4 Å². The van der Waals surface area contributed by atoms with E-state index in [0.29, 0.717) is 5.56 Å². The molecule has 2 heterocycles. The first kappa shape index (κ1) is 20.3. The van der Waals surface area contributed by atoms with Crippen LogP contribution in [0.1, 0.15) is 26.9 Å². The van der Waals surface area contributed by atoms with Crippen LogP contribution in [-0.4, -0.2) is 40.3 Å². The first-order valence-electron chi connectivity index (χ1n) is 9.48. The van der Waals surface area contributed by atoms with E-state index < -0.39 is 41.6 Å². The van der Waals surface area contributed by atoms with E-state index in [4.69, 9.17) is 14.2 Å². The lowest BCUT2D eigenvalue weighted by molar-refractivity contribution is -0.0485. The van der Waals surface area contributed by atoms with Gasteiger partial charge in [-0.25, -0.2) is 14.4 Å². The second kappa shape index (κ2) is 8.80. The Kier molecular flexibility index (Phi) is 5.76. The van der Waals surface area contributed by atoms with E-state index in [2.05, 4.69) is 4.98 Å². The molecule has 1 aliphatic rings. The number of hydrogen-bond acceptors (Lipinski definition) is 7. The first-order valence-corrected chi connectivity index (χ1v) is 9.48. The lowest BCUT2D eigenvalue weighted by atomic mass is 10.2. The minimum Gasteiger partial charge on any atom is -0.452 e. The molecular formula is C22H18N2O7. The summed E-state index contributed by atoms with van der Waals surface area (Å²) in [5.41, 5.74) is -0.715. The van der Waals surface area contributed by atoms with E-state index in [1.165, 1.54) is 6.20 Å². The Bertz CT molecular complexity index is 1190. The molecule has 1 aromatic heterocycles. The molecule has 31 heavy (non-hydrogen) atoms. The van der Waals surface area contributed by atoms with Gasteiger partial charge in [-0.3, -0.25) is 14.3 Å². The molecule has 158 valence electrons. The Balaban J connectivity index is 1.62. The molecule has 0 spiro atoms. The summed E-state index contributed by atoms with van der Waals surface area (Å²) in [7, 11) is 0. The molecule has 9 heteroatoms. The maximum Gasteiger partial charge on any atom is 0.338 e. The highest BCUT2D eigenvalue weighted by atomic mass is 16.6. The summed E-state index contributed by atoms with van der Waals surface area (Å²) in [6.45, 7) is -0.110. The zero-order chi connectivity index (χ0) is 21.8. The number of benzene rings is 2. The number of H-pyrrole nitrogens is 1. The van der Waals surface area contributed by atoms with E-state index in [1.54, 1.807) is 60.7 Å². The van der Waals surface area contributed by atoms with Crippen LogP contribution in [0.15, 0.2) is 82.5 Å². The van der Waals surface area contributed by atoms with Crippen LogP contribution in [0.2, 0.25) is 0 Å². The number of carbonyl (C=O) groups excluding carboxylic acids is 2. The summed E-state index contributed by atoms with van der Waals surface area (Å²) in [5.74, 6) is -1.29. The van der Waals surface area contributed by atoms with Gasteiger partial charge in [-0.05, 0) is 24.3 Å². The average Bonchev–Trinajstić information content (AvgIpc) is 3.16. The van der Waals surface area contributed by atoms with Crippen LogP contribution < -0.4 is 11.2 Å². The van der Waals surface area contributed by atoms with E-state index in [1.807, 2.05) is 0 Å². The SMILES string of the molecule is O=C(O[C@@H]1[C@@H](OC(=O)c2ccccc2)CO[C@H]1n1ccc(=O)[nH]c1=O)c1ccccc1.